The van der Waals surface area contributed by atoms with E-state index in [2.05, 4.69) is 27.3 Å². The molecule has 0 fully saturated rings. The Morgan fingerprint density at radius 2 is 1.05 bits per heavy atom. The maximum atomic E-state index is 6.06. The highest BCUT2D eigenvalue weighted by atomic mass is 28.4. The van der Waals surface area contributed by atoms with Crippen molar-refractivity contribution >= 4 is 8.56 Å². The molecule has 122 valence electrons. The van der Waals surface area contributed by atoms with Gasteiger partial charge >= 0.3 is 8.56 Å². The van der Waals surface area contributed by atoms with E-state index in [-0.39, 0.29) is 0 Å². The molecule has 0 rings (SSSR count). The normalized spacial score (nSPS) is 12.0. The van der Waals surface area contributed by atoms with Gasteiger partial charge in [0.25, 0.3) is 0 Å². The van der Waals surface area contributed by atoms with E-state index in [1.165, 1.54) is 57.4 Å². The van der Waals surface area contributed by atoms with Crippen LogP contribution in [0.15, 0.2) is 0 Å². The first kappa shape index (κ1) is 20.1. The summed E-state index contributed by atoms with van der Waals surface area (Å²) in [5.74, 6) is 0. The summed E-state index contributed by atoms with van der Waals surface area (Å²) in [5, 5.41) is 0. The molecule has 0 spiro atoms. The smallest absolute Gasteiger partial charge is 0.334 e. The maximum Gasteiger partial charge on any atom is 0.334 e. The summed E-state index contributed by atoms with van der Waals surface area (Å²) in [7, 11) is -1.87. The van der Waals surface area contributed by atoms with Gasteiger partial charge in [-0.3, -0.25) is 0 Å². The molecule has 0 aliphatic heterocycles. The Labute approximate surface area is 128 Å². The highest BCUT2D eigenvalue weighted by Gasteiger charge is 2.30. The number of unbranched alkanes of at least 4 members (excludes halogenated alkanes) is 7. The molecule has 0 atom stereocenters. The maximum absolute atomic E-state index is 6.06. The van der Waals surface area contributed by atoms with Gasteiger partial charge in [-0.25, -0.2) is 0 Å². The Balaban J connectivity index is 3.67. The molecule has 0 aromatic heterocycles. The van der Waals surface area contributed by atoms with Gasteiger partial charge in [0.15, 0.2) is 0 Å². The first-order valence-corrected chi connectivity index (χ1v) is 11.5. The summed E-state index contributed by atoms with van der Waals surface area (Å²) in [6.45, 7) is 10.6. The van der Waals surface area contributed by atoms with Crippen molar-refractivity contribution in [3.05, 3.63) is 0 Å². The Morgan fingerprint density at radius 1 is 0.600 bits per heavy atom. The van der Waals surface area contributed by atoms with E-state index in [4.69, 9.17) is 8.85 Å². The second kappa shape index (κ2) is 14.1. The highest BCUT2D eigenvalue weighted by Crippen LogP contribution is 2.19. The predicted molar refractivity (Wildman–Crippen MR) is 91.5 cm³/mol. The van der Waals surface area contributed by atoms with Crippen LogP contribution in [0.3, 0.4) is 0 Å². The first-order chi connectivity index (χ1) is 9.68. The van der Waals surface area contributed by atoms with Gasteiger partial charge in [0, 0.05) is 13.2 Å². The van der Waals surface area contributed by atoms with Crippen LogP contribution in [-0.2, 0) is 8.85 Å². The monoisotopic (exact) mass is 302 g/mol. The molecule has 2 nitrogen and oxygen atoms in total. The van der Waals surface area contributed by atoms with Crippen molar-refractivity contribution in [3.8, 4) is 0 Å². The van der Waals surface area contributed by atoms with Gasteiger partial charge < -0.3 is 8.85 Å². The minimum atomic E-state index is -1.87. The van der Waals surface area contributed by atoms with Crippen molar-refractivity contribution in [2.75, 3.05) is 13.2 Å². The van der Waals surface area contributed by atoms with E-state index < -0.39 is 8.56 Å². The molecule has 0 aliphatic rings. The van der Waals surface area contributed by atoms with Gasteiger partial charge in [-0.2, -0.15) is 0 Å². The third-order valence-electron chi connectivity index (χ3n) is 3.71. The molecule has 0 radical (unpaired) electrons. The summed E-state index contributed by atoms with van der Waals surface area (Å²) < 4.78 is 12.1. The van der Waals surface area contributed by atoms with Crippen molar-refractivity contribution in [1.29, 1.82) is 0 Å². The molecule has 0 aromatic carbocycles. The van der Waals surface area contributed by atoms with Crippen molar-refractivity contribution in [2.24, 2.45) is 0 Å². The zero-order chi connectivity index (χ0) is 15.1. The van der Waals surface area contributed by atoms with Crippen molar-refractivity contribution in [2.45, 2.75) is 97.6 Å². The molecule has 3 heteroatoms. The van der Waals surface area contributed by atoms with Gasteiger partial charge in [0.05, 0.1) is 0 Å². The number of hydrogen-bond donors (Lipinski definition) is 0. The van der Waals surface area contributed by atoms with Crippen LogP contribution in [0, 0.1) is 0 Å². The predicted octanol–water partition coefficient (Wildman–Crippen LogP) is 6.05. The molecular weight excluding hydrogens is 264 g/mol. The van der Waals surface area contributed by atoms with E-state index in [9.17, 15) is 0 Å². The zero-order valence-electron chi connectivity index (χ0n) is 14.5. The van der Waals surface area contributed by atoms with Crippen LogP contribution in [0.4, 0.5) is 0 Å². The SMILES string of the molecule is CCCCCCCCCC[Si](C)(OCCC)OCCC. The lowest BCUT2D eigenvalue weighted by Crippen LogP contribution is -2.39. The standard InChI is InChI=1S/C17H38O2Si/c1-5-8-9-10-11-12-13-14-17-20(4,18-15-6-2)19-16-7-3/h5-17H2,1-4H3. The fourth-order valence-corrected chi connectivity index (χ4v) is 4.94. The Morgan fingerprint density at radius 3 is 1.50 bits per heavy atom. The van der Waals surface area contributed by atoms with Crippen molar-refractivity contribution in [3.63, 3.8) is 0 Å². The average molecular weight is 303 g/mol. The average Bonchev–Trinajstić information content (AvgIpc) is 2.46. The number of rotatable bonds is 15. The van der Waals surface area contributed by atoms with E-state index >= 15 is 0 Å². The number of hydrogen-bond acceptors (Lipinski definition) is 2. The molecular formula is C17H38O2Si. The molecule has 0 N–H and O–H groups in total. The molecule has 0 unspecified atom stereocenters. The minimum Gasteiger partial charge on any atom is -0.394 e. The fraction of sp³-hybridized carbons (Fsp3) is 1.00. The molecule has 0 bridgehead atoms. The van der Waals surface area contributed by atoms with E-state index in [0.717, 1.165) is 26.1 Å². The Bertz CT molecular complexity index is 189. The van der Waals surface area contributed by atoms with Crippen LogP contribution in [0.25, 0.3) is 0 Å². The summed E-state index contributed by atoms with van der Waals surface area (Å²) in [6.07, 6.45) is 13.2. The third kappa shape index (κ3) is 11.9. The molecule has 0 aromatic rings. The molecule has 20 heavy (non-hydrogen) atoms. The lowest BCUT2D eigenvalue weighted by Gasteiger charge is -2.27. The van der Waals surface area contributed by atoms with Gasteiger partial charge in [0.2, 0.25) is 0 Å². The molecule has 0 saturated heterocycles. The first-order valence-electron chi connectivity index (χ1n) is 8.96. The second-order valence-electron chi connectivity index (χ2n) is 6.06. The van der Waals surface area contributed by atoms with Crippen LogP contribution in [-0.4, -0.2) is 21.8 Å². The van der Waals surface area contributed by atoms with Crippen molar-refractivity contribution < 1.29 is 8.85 Å². The van der Waals surface area contributed by atoms with Crippen LogP contribution in [0.1, 0.15) is 85.0 Å². The lowest BCUT2D eigenvalue weighted by atomic mass is 10.1. The molecule has 0 aliphatic carbocycles. The summed E-state index contributed by atoms with van der Waals surface area (Å²) in [6, 6.07) is 1.17. The lowest BCUT2D eigenvalue weighted by molar-refractivity contribution is 0.172. The topological polar surface area (TPSA) is 18.5 Å². The van der Waals surface area contributed by atoms with Gasteiger partial charge in [-0.15, -0.1) is 0 Å². The van der Waals surface area contributed by atoms with Crippen LogP contribution in [0.2, 0.25) is 12.6 Å². The summed E-state index contributed by atoms with van der Waals surface area (Å²) in [5.41, 5.74) is 0. The van der Waals surface area contributed by atoms with Crippen molar-refractivity contribution in [1.82, 2.24) is 0 Å². The Kier molecular flexibility index (Phi) is 14.2. The summed E-state index contributed by atoms with van der Waals surface area (Å²) >= 11 is 0. The van der Waals surface area contributed by atoms with Crippen LogP contribution in [0.5, 0.6) is 0 Å². The zero-order valence-corrected chi connectivity index (χ0v) is 15.5. The molecule has 0 heterocycles. The Hall–Kier alpha value is 0.137. The highest BCUT2D eigenvalue weighted by molar-refractivity contribution is 6.66. The van der Waals surface area contributed by atoms with Crippen LogP contribution < -0.4 is 0 Å². The van der Waals surface area contributed by atoms with Gasteiger partial charge in [-0.1, -0.05) is 72.1 Å². The fourth-order valence-electron chi connectivity index (χ4n) is 2.40. The summed E-state index contributed by atoms with van der Waals surface area (Å²) in [4.78, 5) is 0. The van der Waals surface area contributed by atoms with Gasteiger partial charge in [-0.05, 0) is 25.4 Å². The minimum absolute atomic E-state index is 0.865. The third-order valence-corrected chi connectivity index (χ3v) is 6.60. The van der Waals surface area contributed by atoms with E-state index in [0.29, 0.717) is 0 Å². The molecule has 0 saturated carbocycles. The second-order valence-corrected chi connectivity index (χ2v) is 9.40. The van der Waals surface area contributed by atoms with Crippen LogP contribution >= 0.6 is 0 Å². The van der Waals surface area contributed by atoms with E-state index in [1.54, 1.807) is 0 Å². The van der Waals surface area contributed by atoms with E-state index in [1.807, 2.05) is 0 Å². The molecule has 0 amide bonds. The van der Waals surface area contributed by atoms with Gasteiger partial charge in [0.1, 0.15) is 0 Å². The quantitative estimate of drug-likeness (QED) is 0.271. The largest absolute Gasteiger partial charge is 0.394 e.